The summed E-state index contributed by atoms with van der Waals surface area (Å²) in [5.41, 5.74) is -1.34. The summed E-state index contributed by atoms with van der Waals surface area (Å²) in [7, 11) is 1.00. The molecule has 3 atom stereocenters. The van der Waals surface area contributed by atoms with Crippen LogP contribution >= 0.6 is 0 Å². The fourth-order valence-electron chi connectivity index (χ4n) is 5.41. The zero-order valence-corrected chi connectivity index (χ0v) is 21.7. The van der Waals surface area contributed by atoms with Crippen LogP contribution in [0.15, 0.2) is 34.3 Å². The van der Waals surface area contributed by atoms with Gasteiger partial charge >= 0.3 is 0 Å². The Morgan fingerprint density at radius 3 is 2.72 bits per heavy atom. The molecule has 3 aliphatic heterocycles. The number of oxime groups is 1. The van der Waals surface area contributed by atoms with Crippen LogP contribution in [-0.2, 0) is 11.4 Å². The van der Waals surface area contributed by atoms with Crippen molar-refractivity contribution in [3.63, 3.8) is 0 Å². The standard InChI is InChI=1S/C25H26F2N4O6.CH4O.H2/c1-13-8-25(37-29-13)6-5-14(2)30-11-19(25)31-10-17(21(33)22(36-12-32)20(31)24(30)35)23(34)28-9-15-3-4-16(26)7-18(15)27;1-2;/h3-4,7,10,14,19,32H,5-6,8-9,11-12H2,1-2H3,(H,28,34);2H,1H3;1H/t14-,19+,25-;;/m0../s1. The highest BCUT2D eigenvalue weighted by atomic mass is 19.1. The zero-order valence-electron chi connectivity index (χ0n) is 21.7. The van der Waals surface area contributed by atoms with E-state index in [0.717, 1.165) is 18.9 Å². The number of nitrogens with zero attached hydrogens (tertiary/aromatic N) is 3. The van der Waals surface area contributed by atoms with E-state index in [9.17, 15) is 28.3 Å². The molecule has 0 saturated carbocycles. The Hall–Kier alpha value is -3.84. The number of pyridine rings is 1. The van der Waals surface area contributed by atoms with E-state index < -0.39 is 53.1 Å². The topological polar surface area (TPSA) is 143 Å². The predicted molar refractivity (Wildman–Crippen MR) is 137 cm³/mol. The summed E-state index contributed by atoms with van der Waals surface area (Å²) in [6, 6.07) is 2.28. The van der Waals surface area contributed by atoms with Crippen molar-refractivity contribution < 1.29 is 39.6 Å². The number of hydrogen-bond acceptors (Lipinski definition) is 8. The van der Waals surface area contributed by atoms with Crippen molar-refractivity contribution in [2.24, 2.45) is 5.16 Å². The molecule has 13 heteroatoms. The van der Waals surface area contributed by atoms with E-state index in [1.807, 2.05) is 13.8 Å². The quantitative estimate of drug-likeness (QED) is 0.483. The summed E-state index contributed by atoms with van der Waals surface area (Å²) < 4.78 is 34.0. The lowest BCUT2D eigenvalue weighted by atomic mass is 9.84. The maximum Gasteiger partial charge on any atom is 0.274 e. The molecule has 0 unspecified atom stereocenters. The van der Waals surface area contributed by atoms with Crippen molar-refractivity contribution in [2.45, 2.75) is 57.3 Å². The van der Waals surface area contributed by atoms with E-state index >= 15 is 0 Å². The monoisotopic (exact) mass is 550 g/mol. The van der Waals surface area contributed by atoms with Crippen molar-refractivity contribution in [3.05, 3.63) is 63.1 Å². The average Bonchev–Trinajstić information content (AvgIpc) is 3.25. The van der Waals surface area contributed by atoms with E-state index in [2.05, 4.69) is 10.5 Å². The normalized spacial score (nSPS) is 23.2. The van der Waals surface area contributed by atoms with Gasteiger partial charge in [0.2, 0.25) is 5.43 Å². The van der Waals surface area contributed by atoms with Crippen molar-refractivity contribution in [1.82, 2.24) is 14.8 Å². The van der Waals surface area contributed by atoms with Crippen LogP contribution in [0.3, 0.4) is 0 Å². The molecule has 1 aromatic carbocycles. The number of fused-ring (bicyclic) bond motifs is 5. The third kappa shape index (κ3) is 4.99. The molecule has 1 aromatic heterocycles. The molecular weight excluding hydrogens is 518 g/mol. The van der Waals surface area contributed by atoms with Gasteiger partial charge in [0.1, 0.15) is 17.2 Å². The zero-order chi connectivity index (χ0) is 28.5. The molecule has 1 fully saturated rings. The summed E-state index contributed by atoms with van der Waals surface area (Å²) in [5.74, 6) is -3.37. The Morgan fingerprint density at radius 1 is 1.33 bits per heavy atom. The second-order valence-electron chi connectivity index (χ2n) is 9.67. The van der Waals surface area contributed by atoms with Gasteiger partial charge in [-0.05, 0) is 32.8 Å². The molecule has 3 N–H and O–H groups in total. The summed E-state index contributed by atoms with van der Waals surface area (Å²) >= 11 is 0. The Balaban J connectivity index is 0.00000144. The second kappa shape index (κ2) is 11.1. The molecule has 11 nitrogen and oxygen atoms in total. The number of ether oxygens (including phenoxy) is 1. The fourth-order valence-corrected chi connectivity index (χ4v) is 5.41. The van der Waals surface area contributed by atoms with E-state index in [0.29, 0.717) is 25.3 Å². The maximum absolute atomic E-state index is 14.1. The first-order valence-electron chi connectivity index (χ1n) is 12.4. The van der Waals surface area contributed by atoms with Crippen molar-refractivity contribution >= 4 is 17.5 Å². The highest BCUT2D eigenvalue weighted by Gasteiger charge is 2.53. The van der Waals surface area contributed by atoms with Gasteiger partial charge in [-0.2, -0.15) is 0 Å². The largest absolute Gasteiger partial charge is 0.461 e. The Labute approximate surface area is 224 Å². The number of carbonyl (C=O) groups excluding carboxylic acids is 2. The van der Waals surface area contributed by atoms with Crippen molar-refractivity contribution in [2.75, 3.05) is 20.4 Å². The maximum atomic E-state index is 14.1. The minimum absolute atomic E-state index is 0. The number of rotatable bonds is 5. The smallest absolute Gasteiger partial charge is 0.274 e. The number of hydrogen-bond donors (Lipinski definition) is 3. The first-order chi connectivity index (χ1) is 18.6. The summed E-state index contributed by atoms with van der Waals surface area (Å²) in [6.07, 6.45) is 3.00. The van der Waals surface area contributed by atoms with Gasteiger partial charge in [-0.3, -0.25) is 14.4 Å². The lowest BCUT2D eigenvalue weighted by molar-refractivity contribution is -0.0657. The molecule has 0 radical (unpaired) electrons. The van der Waals surface area contributed by atoms with Crippen molar-refractivity contribution in [1.29, 1.82) is 0 Å². The van der Waals surface area contributed by atoms with Gasteiger partial charge in [0.05, 0.1) is 11.8 Å². The fraction of sp³-hybridized carbons (Fsp3) is 0.462. The number of aromatic nitrogens is 1. The van der Waals surface area contributed by atoms with Gasteiger partial charge in [-0.15, -0.1) is 0 Å². The van der Waals surface area contributed by atoms with Gasteiger partial charge in [0.15, 0.2) is 23.8 Å². The molecule has 2 bridgehead atoms. The molecule has 1 saturated heterocycles. The Kier molecular flexibility index (Phi) is 8.02. The van der Waals surface area contributed by atoms with E-state index in [1.165, 1.54) is 16.8 Å². The summed E-state index contributed by atoms with van der Waals surface area (Å²) in [6.45, 7) is 2.81. The van der Waals surface area contributed by atoms with Crippen LogP contribution in [0, 0.1) is 11.6 Å². The average molecular weight is 551 g/mol. The van der Waals surface area contributed by atoms with Crippen LogP contribution in [0.1, 0.15) is 67.0 Å². The lowest BCUT2D eigenvalue weighted by Gasteiger charge is -2.42. The van der Waals surface area contributed by atoms with Crippen molar-refractivity contribution in [3.8, 4) is 5.75 Å². The SMILES string of the molecule is CC1=NO[C@@]2(CC[C@H](C)N3C[C@H]2n2cc(C(=O)NCc4ccc(F)cc4F)c(=O)c(OCO)c2C3=O)C1.CO.[HH]. The highest BCUT2D eigenvalue weighted by Crippen LogP contribution is 2.46. The van der Waals surface area contributed by atoms with Gasteiger partial charge < -0.3 is 34.6 Å². The van der Waals surface area contributed by atoms with Gasteiger partial charge in [-0.1, -0.05) is 11.2 Å². The lowest BCUT2D eigenvalue weighted by Crippen LogP contribution is -2.52. The molecule has 2 amide bonds. The molecule has 1 spiro atoms. The van der Waals surface area contributed by atoms with Gasteiger partial charge in [-0.25, -0.2) is 8.78 Å². The number of aliphatic hydroxyl groups is 2. The molecule has 5 rings (SSSR count). The number of carbonyl (C=O) groups is 2. The minimum atomic E-state index is -0.897. The molecular formula is C26H32F2N4O7. The Morgan fingerprint density at radius 2 is 2.08 bits per heavy atom. The number of amides is 2. The first kappa shape index (κ1) is 28.2. The summed E-state index contributed by atoms with van der Waals surface area (Å²) in [5, 5.41) is 23.1. The number of benzene rings is 1. The van der Waals surface area contributed by atoms with Gasteiger partial charge in [0, 0.05) is 51.9 Å². The molecule has 2 aromatic rings. The van der Waals surface area contributed by atoms with Crippen LogP contribution in [-0.4, -0.2) is 69.3 Å². The van der Waals surface area contributed by atoms with Crippen LogP contribution in [0.25, 0.3) is 0 Å². The Bertz CT molecular complexity index is 1390. The van der Waals surface area contributed by atoms with E-state index in [4.69, 9.17) is 14.7 Å². The number of halogens is 2. The van der Waals surface area contributed by atoms with E-state index in [1.54, 1.807) is 4.90 Å². The van der Waals surface area contributed by atoms with Crippen LogP contribution in [0.5, 0.6) is 5.75 Å². The van der Waals surface area contributed by atoms with Gasteiger partial charge in [0.25, 0.3) is 11.8 Å². The molecule has 39 heavy (non-hydrogen) atoms. The minimum Gasteiger partial charge on any atom is -0.461 e. The van der Waals surface area contributed by atoms with Crippen LogP contribution < -0.4 is 15.5 Å². The molecule has 212 valence electrons. The predicted octanol–water partition coefficient (Wildman–Crippen LogP) is 1.95. The molecule has 0 aliphatic carbocycles. The highest BCUT2D eigenvalue weighted by molar-refractivity contribution is 5.99. The first-order valence-corrected chi connectivity index (χ1v) is 12.4. The molecule has 3 aliphatic rings. The van der Waals surface area contributed by atoms with E-state index in [-0.39, 0.29) is 37.4 Å². The third-order valence-corrected chi connectivity index (χ3v) is 7.33. The third-order valence-electron chi connectivity index (χ3n) is 7.33. The summed E-state index contributed by atoms with van der Waals surface area (Å²) in [4.78, 5) is 47.6. The number of nitrogens with one attached hydrogen (secondary N) is 1. The van der Waals surface area contributed by atoms with Crippen LogP contribution in [0.2, 0.25) is 0 Å². The molecule has 4 heterocycles. The second-order valence-corrected chi connectivity index (χ2v) is 9.67. The van der Waals surface area contributed by atoms with Crippen LogP contribution in [0.4, 0.5) is 8.78 Å². The number of aliphatic hydroxyl groups excluding tert-OH is 2.